The van der Waals surface area contributed by atoms with E-state index < -0.39 is 0 Å². The van der Waals surface area contributed by atoms with Crippen LogP contribution in [-0.4, -0.2) is 36.4 Å². The third kappa shape index (κ3) is 7.67. The maximum Gasteiger partial charge on any atom is 0.270 e. The molecule has 1 aromatic carbocycles. The Hall–Kier alpha value is -1.45. The van der Waals surface area contributed by atoms with Gasteiger partial charge in [-0.25, -0.2) is 0 Å². The third-order valence-electron chi connectivity index (χ3n) is 5.30. The number of methoxy groups -OCH3 is 1. The van der Waals surface area contributed by atoms with Crippen LogP contribution >= 0.6 is 21.0 Å². The summed E-state index contributed by atoms with van der Waals surface area (Å²) in [5.41, 5.74) is 8.35. The number of amides is 1. The summed E-state index contributed by atoms with van der Waals surface area (Å²) in [6, 6.07) is 7.60. The summed E-state index contributed by atoms with van der Waals surface area (Å²) >= 11 is 1.73. The highest BCUT2D eigenvalue weighted by molar-refractivity contribution is 8.02. The zero-order chi connectivity index (χ0) is 22.9. The van der Waals surface area contributed by atoms with Crippen LogP contribution in [0.3, 0.4) is 0 Å². The number of hydrogen-bond acceptors (Lipinski definition) is 4. The average molecular weight is 451 g/mol. The fourth-order valence-corrected chi connectivity index (χ4v) is 3.41. The molecule has 0 saturated heterocycles. The number of rotatable bonds is 7. The number of para-hydroxylation sites is 1. The molecule has 0 saturated carbocycles. The highest BCUT2D eigenvalue weighted by Gasteiger charge is 2.33. The van der Waals surface area contributed by atoms with E-state index in [2.05, 4.69) is 56.2 Å². The number of nitrogens with two attached hydrogens (primary N) is 1. The van der Waals surface area contributed by atoms with Gasteiger partial charge in [0, 0.05) is 12.1 Å². The fraction of sp³-hybridized carbons (Fsp3) is 0.542. The van der Waals surface area contributed by atoms with Crippen LogP contribution in [0, 0.1) is 5.41 Å². The first kappa shape index (κ1) is 26.6. The van der Waals surface area contributed by atoms with Gasteiger partial charge in [-0.1, -0.05) is 58.9 Å². The minimum absolute atomic E-state index is 0.0992. The van der Waals surface area contributed by atoms with Crippen molar-refractivity contribution in [2.75, 3.05) is 19.9 Å². The van der Waals surface area contributed by atoms with E-state index in [1.54, 1.807) is 18.9 Å². The van der Waals surface area contributed by atoms with Gasteiger partial charge in [-0.15, -0.1) is 21.0 Å². The zero-order valence-electron chi connectivity index (χ0n) is 19.6. The van der Waals surface area contributed by atoms with Crippen molar-refractivity contribution in [2.45, 2.75) is 59.2 Å². The molecule has 1 amide bonds. The molecule has 0 aromatic heterocycles. The van der Waals surface area contributed by atoms with Crippen molar-refractivity contribution in [2.24, 2.45) is 11.1 Å². The van der Waals surface area contributed by atoms with Gasteiger partial charge in [-0.05, 0) is 47.2 Å². The molecule has 1 heterocycles. The van der Waals surface area contributed by atoms with Crippen molar-refractivity contribution in [3.05, 3.63) is 52.6 Å². The molecule has 30 heavy (non-hydrogen) atoms. The van der Waals surface area contributed by atoms with Gasteiger partial charge in [0.15, 0.2) is 0 Å². The van der Waals surface area contributed by atoms with Gasteiger partial charge in [0.1, 0.15) is 5.75 Å². The van der Waals surface area contributed by atoms with E-state index in [0.29, 0.717) is 23.3 Å². The summed E-state index contributed by atoms with van der Waals surface area (Å²) in [6.45, 7) is 11.7. The number of thioether (sulfide) groups is 1. The topological polar surface area (TPSA) is 55.6 Å². The summed E-state index contributed by atoms with van der Waals surface area (Å²) in [7, 11) is 4.44. The number of benzene rings is 1. The molecular weight excluding hydrogens is 411 g/mol. The SMILES string of the molecule is CC(P)C(C)(C)C.CC/C=C(/CCN1C(=O)C(N)=CC1c1ccccc1OC)SC. The number of nitrogens with zero attached hydrogens (tertiary/aromatic N) is 1. The van der Waals surface area contributed by atoms with Gasteiger partial charge in [-0.2, -0.15) is 0 Å². The standard InChI is InChI=1S/C18H24N2O2S.C6H15P/c1-4-7-13(23-3)10-11-20-16(12-15(19)18(20)21)14-8-5-6-9-17(14)22-2;1-5(7)6(2,3)4/h5-9,12,16H,4,10-11,19H2,1-3H3;5H,7H2,1-4H3/b13-7-;. The molecule has 0 radical (unpaired) electrons. The second-order valence-corrected chi connectivity index (χ2v) is 10.4. The Labute approximate surface area is 189 Å². The second-order valence-electron chi connectivity index (χ2n) is 8.49. The van der Waals surface area contributed by atoms with Crippen LogP contribution in [0.25, 0.3) is 0 Å². The average Bonchev–Trinajstić information content (AvgIpc) is 2.98. The van der Waals surface area contributed by atoms with Gasteiger partial charge in [0.05, 0.1) is 18.8 Å². The smallest absolute Gasteiger partial charge is 0.270 e. The first-order valence-electron chi connectivity index (χ1n) is 10.5. The maximum absolute atomic E-state index is 12.4. The van der Waals surface area contributed by atoms with Gasteiger partial charge in [-0.3, -0.25) is 4.79 Å². The van der Waals surface area contributed by atoms with Crippen LogP contribution in [0.5, 0.6) is 5.75 Å². The highest BCUT2D eigenvalue weighted by atomic mass is 32.2. The van der Waals surface area contributed by atoms with E-state index in [0.717, 1.165) is 24.2 Å². The lowest BCUT2D eigenvalue weighted by atomic mass is 9.93. The molecule has 0 bridgehead atoms. The normalized spacial score (nSPS) is 17.9. The third-order valence-corrected chi connectivity index (χ3v) is 7.19. The molecule has 1 aliphatic rings. The molecule has 6 heteroatoms. The second kappa shape index (κ2) is 12.4. The molecule has 2 N–H and O–H groups in total. The number of ether oxygens (including phenoxy) is 1. The van der Waals surface area contributed by atoms with Crippen LogP contribution in [-0.2, 0) is 4.79 Å². The van der Waals surface area contributed by atoms with Crippen molar-refractivity contribution in [3.8, 4) is 5.75 Å². The first-order chi connectivity index (χ1) is 14.1. The van der Waals surface area contributed by atoms with Crippen molar-refractivity contribution in [1.29, 1.82) is 0 Å². The van der Waals surface area contributed by atoms with Gasteiger partial charge >= 0.3 is 0 Å². The Morgan fingerprint density at radius 2 is 1.97 bits per heavy atom. The minimum Gasteiger partial charge on any atom is -0.496 e. The molecular formula is C24H39N2O2PS. The Morgan fingerprint density at radius 1 is 1.37 bits per heavy atom. The molecule has 0 spiro atoms. The number of allylic oxidation sites excluding steroid dienone is 1. The van der Waals surface area contributed by atoms with Crippen LogP contribution < -0.4 is 10.5 Å². The van der Waals surface area contributed by atoms with Crippen molar-refractivity contribution >= 4 is 26.9 Å². The predicted molar refractivity (Wildman–Crippen MR) is 135 cm³/mol. The Kier molecular flexibility index (Phi) is 11.0. The molecule has 2 rings (SSSR count). The van der Waals surface area contributed by atoms with Crippen LogP contribution in [0.15, 0.2) is 47.0 Å². The van der Waals surface area contributed by atoms with Crippen molar-refractivity contribution in [3.63, 3.8) is 0 Å². The monoisotopic (exact) mass is 450 g/mol. The summed E-state index contributed by atoms with van der Waals surface area (Å²) in [5, 5.41) is 0. The summed E-state index contributed by atoms with van der Waals surface area (Å²) in [6.07, 6.45) is 7.94. The quantitative estimate of drug-likeness (QED) is 0.536. The van der Waals surface area contributed by atoms with Gasteiger partial charge < -0.3 is 15.4 Å². The van der Waals surface area contributed by atoms with E-state index in [-0.39, 0.29) is 11.9 Å². The number of carbonyl (C=O) groups excluding carboxylic acids is 1. The van der Waals surface area contributed by atoms with Crippen molar-refractivity contribution in [1.82, 2.24) is 4.90 Å². The zero-order valence-corrected chi connectivity index (χ0v) is 21.5. The van der Waals surface area contributed by atoms with E-state index in [1.807, 2.05) is 35.2 Å². The Bertz CT molecular complexity index is 754. The molecule has 1 aliphatic heterocycles. The van der Waals surface area contributed by atoms with Gasteiger partial charge in [0.25, 0.3) is 5.91 Å². The van der Waals surface area contributed by atoms with Crippen LogP contribution in [0.1, 0.15) is 59.1 Å². The van der Waals surface area contributed by atoms with E-state index >= 15 is 0 Å². The molecule has 3 unspecified atom stereocenters. The number of carbonyl (C=O) groups is 1. The van der Waals surface area contributed by atoms with Crippen LogP contribution in [0.2, 0.25) is 0 Å². The molecule has 3 atom stereocenters. The summed E-state index contributed by atoms with van der Waals surface area (Å²) < 4.78 is 5.44. The number of hydrogen-bond donors (Lipinski definition) is 1. The van der Waals surface area contributed by atoms with E-state index in [9.17, 15) is 4.79 Å². The molecule has 4 nitrogen and oxygen atoms in total. The molecule has 0 aliphatic carbocycles. The minimum atomic E-state index is -0.164. The maximum atomic E-state index is 12.4. The molecule has 1 aromatic rings. The summed E-state index contributed by atoms with van der Waals surface area (Å²) in [5.74, 6) is 0.674. The van der Waals surface area contributed by atoms with Crippen LogP contribution in [0.4, 0.5) is 0 Å². The lowest BCUT2D eigenvalue weighted by Crippen LogP contribution is -2.32. The highest BCUT2D eigenvalue weighted by Crippen LogP contribution is 2.35. The van der Waals surface area contributed by atoms with E-state index in [4.69, 9.17) is 10.5 Å². The lowest BCUT2D eigenvalue weighted by Gasteiger charge is -2.26. The summed E-state index contributed by atoms with van der Waals surface area (Å²) in [4.78, 5) is 15.5. The Morgan fingerprint density at radius 3 is 2.47 bits per heavy atom. The molecule has 168 valence electrons. The lowest BCUT2D eigenvalue weighted by molar-refractivity contribution is -0.127. The van der Waals surface area contributed by atoms with E-state index in [1.165, 1.54) is 4.91 Å². The van der Waals surface area contributed by atoms with Crippen molar-refractivity contribution < 1.29 is 9.53 Å². The van der Waals surface area contributed by atoms with Gasteiger partial charge in [0.2, 0.25) is 0 Å². The predicted octanol–water partition coefficient (Wildman–Crippen LogP) is 5.76. The first-order valence-corrected chi connectivity index (χ1v) is 12.4. The molecule has 0 fully saturated rings. The largest absolute Gasteiger partial charge is 0.496 e. The fourth-order valence-electron chi connectivity index (χ4n) is 2.78. The Balaban J connectivity index is 0.000000553.